The maximum atomic E-state index is 13.7. The summed E-state index contributed by atoms with van der Waals surface area (Å²) >= 11 is 6.29. The third-order valence-corrected chi connectivity index (χ3v) is 7.90. The predicted molar refractivity (Wildman–Crippen MR) is 144 cm³/mol. The Hall–Kier alpha value is -3.63. The maximum absolute atomic E-state index is 13.7. The Labute approximate surface area is 227 Å². The summed E-state index contributed by atoms with van der Waals surface area (Å²) < 4.78 is 47.0. The highest BCUT2D eigenvalue weighted by molar-refractivity contribution is 7.92. The number of amides is 2. The second-order valence-corrected chi connectivity index (χ2v) is 10.6. The molecule has 3 aromatic carbocycles. The van der Waals surface area contributed by atoms with Gasteiger partial charge in [0.1, 0.15) is 24.2 Å². The molecule has 2 amide bonds. The van der Waals surface area contributed by atoms with Gasteiger partial charge in [0.15, 0.2) is 0 Å². The van der Waals surface area contributed by atoms with Gasteiger partial charge < -0.3 is 15.0 Å². The second-order valence-electron chi connectivity index (χ2n) is 8.36. The summed E-state index contributed by atoms with van der Waals surface area (Å²) in [6, 6.07) is 16.6. The number of nitrogens with zero attached hydrogens (tertiary/aromatic N) is 2. The topological polar surface area (TPSA) is 96.0 Å². The van der Waals surface area contributed by atoms with Crippen molar-refractivity contribution in [3.8, 4) is 5.75 Å². The number of halogens is 2. The molecule has 38 heavy (non-hydrogen) atoms. The first-order chi connectivity index (χ1) is 18.1. The summed E-state index contributed by atoms with van der Waals surface area (Å²) in [7, 11) is -2.79. The summed E-state index contributed by atoms with van der Waals surface area (Å²) in [5.41, 5.74) is 0.709. The lowest BCUT2D eigenvalue weighted by molar-refractivity contribution is -0.139. The zero-order valence-corrected chi connectivity index (χ0v) is 22.8. The summed E-state index contributed by atoms with van der Waals surface area (Å²) in [6.07, 6.45) is 0. The first-order valence-electron chi connectivity index (χ1n) is 11.8. The number of nitrogens with one attached hydrogen (secondary N) is 1. The molecule has 0 saturated heterocycles. The van der Waals surface area contributed by atoms with Crippen LogP contribution in [0.3, 0.4) is 0 Å². The van der Waals surface area contributed by atoms with Crippen LogP contribution in [0.25, 0.3) is 0 Å². The first-order valence-corrected chi connectivity index (χ1v) is 13.6. The number of rotatable bonds is 11. The van der Waals surface area contributed by atoms with E-state index in [0.717, 1.165) is 4.31 Å². The van der Waals surface area contributed by atoms with Crippen molar-refractivity contribution in [1.29, 1.82) is 0 Å². The van der Waals surface area contributed by atoms with Gasteiger partial charge in [-0.15, -0.1) is 0 Å². The number of likely N-dealkylation sites (N-methyl/N-ethyl adjacent to an activating group) is 1. The maximum Gasteiger partial charge on any atom is 0.264 e. The van der Waals surface area contributed by atoms with Gasteiger partial charge in [-0.25, -0.2) is 12.8 Å². The van der Waals surface area contributed by atoms with Crippen LogP contribution in [0.5, 0.6) is 5.75 Å². The van der Waals surface area contributed by atoms with Gasteiger partial charge in [0, 0.05) is 13.1 Å². The molecule has 0 radical (unpaired) electrons. The summed E-state index contributed by atoms with van der Waals surface area (Å²) in [6.45, 7) is 2.98. The number of anilines is 1. The monoisotopic (exact) mass is 561 g/mol. The highest BCUT2D eigenvalue weighted by Gasteiger charge is 2.32. The standard InChI is InChI=1S/C27H29ClFN3O5S/c1-4-30-27(34)19(2)31(17-20-10-12-21(29)13-11-20)26(33)18-32(22-14-15-25(37-3)24(28)16-22)38(35,36)23-8-6-5-7-9-23/h5-16,19H,4,17-18H2,1-3H3,(H,30,34)/t19-/m0/s1. The molecule has 0 aliphatic rings. The summed E-state index contributed by atoms with van der Waals surface area (Å²) in [5, 5.41) is 2.84. The molecule has 0 saturated carbocycles. The van der Waals surface area contributed by atoms with Crippen molar-refractivity contribution in [3.05, 3.63) is 89.2 Å². The Bertz CT molecular complexity index is 1370. The number of ether oxygens (including phenoxy) is 1. The molecule has 3 aromatic rings. The average molecular weight is 562 g/mol. The van der Waals surface area contributed by atoms with E-state index in [1.54, 1.807) is 32.0 Å². The Morgan fingerprint density at radius 2 is 1.71 bits per heavy atom. The molecule has 3 rings (SSSR count). The molecular formula is C27H29ClFN3O5S. The molecule has 8 nitrogen and oxygen atoms in total. The smallest absolute Gasteiger partial charge is 0.264 e. The third-order valence-electron chi connectivity index (χ3n) is 5.82. The molecule has 1 atom stereocenters. The van der Waals surface area contributed by atoms with Gasteiger partial charge in [0.05, 0.1) is 22.7 Å². The van der Waals surface area contributed by atoms with Gasteiger partial charge in [0.2, 0.25) is 11.8 Å². The minimum atomic E-state index is -4.22. The van der Waals surface area contributed by atoms with Crippen LogP contribution >= 0.6 is 11.6 Å². The number of benzene rings is 3. The molecule has 0 aromatic heterocycles. The van der Waals surface area contributed by atoms with Crippen LogP contribution in [-0.2, 0) is 26.2 Å². The molecule has 202 valence electrons. The SMILES string of the molecule is CCNC(=O)[C@H](C)N(Cc1ccc(F)cc1)C(=O)CN(c1ccc(OC)c(Cl)c1)S(=O)(=O)c1ccccc1. The fourth-order valence-corrected chi connectivity index (χ4v) is 5.43. The number of sulfonamides is 1. The van der Waals surface area contributed by atoms with E-state index >= 15 is 0 Å². The Balaban J connectivity index is 2.04. The van der Waals surface area contributed by atoms with Gasteiger partial charge in [-0.1, -0.05) is 41.9 Å². The Morgan fingerprint density at radius 1 is 1.05 bits per heavy atom. The molecule has 0 fully saturated rings. The van der Waals surface area contributed by atoms with Crippen molar-refractivity contribution >= 4 is 39.1 Å². The zero-order valence-electron chi connectivity index (χ0n) is 21.2. The average Bonchev–Trinajstić information content (AvgIpc) is 2.91. The van der Waals surface area contributed by atoms with E-state index in [1.807, 2.05) is 0 Å². The van der Waals surface area contributed by atoms with Crippen molar-refractivity contribution in [1.82, 2.24) is 10.2 Å². The number of methoxy groups -OCH3 is 1. The van der Waals surface area contributed by atoms with Gasteiger partial charge in [-0.2, -0.15) is 0 Å². The Kier molecular flexibility index (Phi) is 9.71. The quantitative estimate of drug-likeness (QED) is 0.378. The molecule has 0 spiro atoms. The van der Waals surface area contributed by atoms with E-state index in [2.05, 4.69) is 5.32 Å². The van der Waals surface area contributed by atoms with Crippen molar-refractivity contribution in [2.24, 2.45) is 0 Å². The van der Waals surface area contributed by atoms with Crippen LogP contribution in [0, 0.1) is 5.82 Å². The Morgan fingerprint density at radius 3 is 2.29 bits per heavy atom. The summed E-state index contributed by atoms with van der Waals surface area (Å²) in [4.78, 5) is 27.7. The van der Waals surface area contributed by atoms with Gasteiger partial charge >= 0.3 is 0 Å². The van der Waals surface area contributed by atoms with Crippen LogP contribution in [0.2, 0.25) is 5.02 Å². The van der Waals surface area contributed by atoms with Gasteiger partial charge in [-0.3, -0.25) is 13.9 Å². The van der Waals surface area contributed by atoms with E-state index in [1.165, 1.54) is 66.6 Å². The fourth-order valence-electron chi connectivity index (χ4n) is 3.75. The second kappa shape index (κ2) is 12.7. The van der Waals surface area contributed by atoms with E-state index in [4.69, 9.17) is 16.3 Å². The first kappa shape index (κ1) is 28.9. The lowest BCUT2D eigenvalue weighted by atomic mass is 10.1. The molecule has 1 N–H and O–H groups in total. The largest absolute Gasteiger partial charge is 0.495 e. The zero-order chi connectivity index (χ0) is 27.9. The number of carbonyl (C=O) groups is 2. The lowest BCUT2D eigenvalue weighted by Gasteiger charge is -2.32. The molecule has 0 aliphatic carbocycles. The highest BCUT2D eigenvalue weighted by Crippen LogP contribution is 2.32. The normalized spacial score (nSPS) is 11.9. The molecule has 0 bridgehead atoms. The van der Waals surface area contributed by atoms with E-state index in [9.17, 15) is 22.4 Å². The summed E-state index contributed by atoms with van der Waals surface area (Å²) in [5.74, 6) is -1.16. The van der Waals surface area contributed by atoms with Crippen LogP contribution in [0.15, 0.2) is 77.7 Å². The van der Waals surface area contributed by atoms with E-state index in [0.29, 0.717) is 17.9 Å². The molecule has 11 heteroatoms. The van der Waals surface area contributed by atoms with Crippen LogP contribution in [0.4, 0.5) is 10.1 Å². The van der Waals surface area contributed by atoms with E-state index < -0.39 is 40.2 Å². The van der Waals surface area contributed by atoms with Crippen molar-refractivity contribution in [2.75, 3.05) is 24.5 Å². The molecule has 0 heterocycles. The number of hydrogen-bond donors (Lipinski definition) is 1. The minimum absolute atomic E-state index is 0.0263. The van der Waals surface area contributed by atoms with Gasteiger partial charge in [-0.05, 0) is 61.9 Å². The number of hydrogen-bond acceptors (Lipinski definition) is 5. The van der Waals surface area contributed by atoms with Crippen LogP contribution < -0.4 is 14.4 Å². The molecular weight excluding hydrogens is 533 g/mol. The van der Waals surface area contributed by atoms with Crippen molar-refractivity contribution < 1.29 is 27.1 Å². The minimum Gasteiger partial charge on any atom is -0.495 e. The van der Waals surface area contributed by atoms with Gasteiger partial charge in [0.25, 0.3) is 10.0 Å². The van der Waals surface area contributed by atoms with Crippen molar-refractivity contribution in [3.63, 3.8) is 0 Å². The predicted octanol–water partition coefficient (Wildman–Crippen LogP) is 4.24. The fraction of sp³-hybridized carbons (Fsp3) is 0.259. The lowest BCUT2D eigenvalue weighted by Crippen LogP contribution is -2.51. The van der Waals surface area contributed by atoms with Crippen LogP contribution in [0.1, 0.15) is 19.4 Å². The highest BCUT2D eigenvalue weighted by atomic mass is 35.5. The van der Waals surface area contributed by atoms with Crippen molar-refractivity contribution in [2.45, 2.75) is 31.3 Å². The third kappa shape index (κ3) is 6.81. The molecule has 0 unspecified atom stereocenters. The number of carbonyl (C=O) groups excluding carboxylic acids is 2. The van der Waals surface area contributed by atoms with E-state index in [-0.39, 0.29) is 22.2 Å². The molecule has 0 aliphatic heterocycles. The van der Waals surface area contributed by atoms with Crippen LogP contribution in [-0.4, -0.2) is 51.4 Å².